The molecule has 0 aromatic carbocycles. The first-order chi connectivity index (χ1) is 7.19. The van der Waals surface area contributed by atoms with E-state index in [1.54, 1.807) is 12.4 Å². The zero-order valence-electron chi connectivity index (χ0n) is 7.25. The van der Waals surface area contributed by atoms with E-state index in [9.17, 15) is 4.79 Å². The van der Waals surface area contributed by atoms with Gasteiger partial charge in [0.2, 0.25) is 5.95 Å². The second-order valence-electron chi connectivity index (χ2n) is 2.60. The van der Waals surface area contributed by atoms with E-state index in [0.29, 0.717) is 4.57 Å². The highest BCUT2D eigenvalue weighted by Crippen LogP contribution is 2.05. The molecular formula is C7H3N7O. The molecule has 2 aromatic heterocycles. The summed E-state index contributed by atoms with van der Waals surface area (Å²) in [5.74, 6) is -0.252. The van der Waals surface area contributed by atoms with Crippen LogP contribution in [0.15, 0.2) is 11.1 Å². The maximum atomic E-state index is 11.6. The molecule has 0 amide bonds. The van der Waals surface area contributed by atoms with Crippen LogP contribution in [0.5, 0.6) is 0 Å². The number of hydrogen-bond donors (Lipinski definition) is 1. The van der Waals surface area contributed by atoms with Crippen molar-refractivity contribution in [2.24, 2.45) is 0 Å². The first kappa shape index (κ1) is 8.72. The van der Waals surface area contributed by atoms with Gasteiger partial charge in [0, 0.05) is 0 Å². The Balaban J connectivity index is 3.07. The van der Waals surface area contributed by atoms with Crippen LogP contribution in [0.2, 0.25) is 0 Å². The number of nitrogens with zero attached hydrogens (tertiary/aromatic N) is 6. The number of rotatable bonds is 0. The fraction of sp³-hybridized carbons (Fsp3) is 0. The highest BCUT2D eigenvalue weighted by Gasteiger charge is 2.13. The van der Waals surface area contributed by atoms with Crippen molar-refractivity contribution in [3.63, 3.8) is 0 Å². The Kier molecular flexibility index (Phi) is 1.64. The molecule has 0 saturated carbocycles. The lowest BCUT2D eigenvalue weighted by Crippen LogP contribution is -2.22. The van der Waals surface area contributed by atoms with E-state index in [1.807, 2.05) is 0 Å². The SMILES string of the molecule is N#Cn1c(N)nc2ncn(C#N)c2c1=O. The highest BCUT2D eigenvalue weighted by molar-refractivity contribution is 5.72. The van der Waals surface area contributed by atoms with Gasteiger partial charge >= 0.3 is 0 Å². The number of anilines is 1. The van der Waals surface area contributed by atoms with Gasteiger partial charge in [-0.3, -0.25) is 4.79 Å². The van der Waals surface area contributed by atoms with Crippen molar-refractivity contribution in [1.82, 2.24) is 19.1 Å². The van der Waals surface area contributed by atoms with Gasteiger partial charge in [-0.05, 0) is 0 Å². The summed E-state index contributed by atoms with van der Waals surface area (Å²) in [5.41, 5.74) is 4.62. The third kappa shape index (κ3) is 1.02. The lowest BCUT2D eigenvalue weighted by atomic mass is 10.5. The van der Waals surface area contributed by atoms with E-state index in [-0.39, 0.29) is 17.1 Å². The Bertz CT molecular complexity index is 680. The summed E-state index contributed by atoms with van der Waals surface area (Å²) >= 11 is 0. The van der Waals surface area contributed by atoms with Crippen LogP contribution in [-0.2, 0) is 0 Å². The van der Waals surface area contributed by atoms with E-state index in [1.165, 1.54) is 0 Å². The predicted molar refractivity (Wildman–Crippen MR) is 48.2 cm³/mol. The van der Waals surface area contributed by atoms with Crippen molar-refractivity contribution in [1.29, 1.82) is 10.5 Å². The fourth-order valence-electron chi connectivity index (χ4n) is 1.16. The molecule has 8 heteroatoms. The quantitative estimate of drug-likeness (QED) is 0.572. The molecule has 2 aromatic rings. The van der Waals surface area contributed by atoms with Gasteiger partial charge in [-0.2, -0.15) is 20.1 Å². The Morgan fingerprint density at radius 3 is 2.73 bits per heavy atom. The fourth-order valence-corrected chi connectivity index (χ4v) is 1.16. The number of hydrogen-bond acceptors (Lipinski definition) is 6. The van der Waals surface area contributed by atoms with Crippen LogP contribution in [0.25, 0.3) is 11.2 Å². The smallest absolute Gasteiger partial charge is 0.295 e. The van der Waals surface area contributed by atoms with Crippen molar-refractivity contribution in [3.8, 4) is 12.4 Å². The summed E-state index contributed by atoms with van der Waals surface area (Å²) in [6.07, 6.45) is 4.41. The van der Waals surface area contributed by atoms with Crippen LogP contribution in [0.3, 0.4) is 0 Å². The normalized spacial score (nSPS) is 9.73. The third-order valence-electron chi connectivity index (χ3n) is 1.81. The molecular weight excluding hydrogens is 198 g/mol. The zero-order chi connectivity index (χ0) is 11.0. The van der Waals surface area contributed by atoms with Gasteiger partial charge in [0.05, 0.1) is 0 Å². The van der Waals surface area contributed by atoms with Gasteiger partial charge in [0.25, 0.3) is 5.56 Å². The summed E-state index contributed by atoms with van der Waals surface area (Å²) in [6.45, 7) is 0. The zero-order valence-corrected chi connectivity index (χ0v) is 7.25. The number of imidazole rings is 1. The maximum absolute atomic E-state index is 11.6. The average Bonchev–Trinajstić information content (AvgIpc) is 2.61. The van der Waals surface area contributed by atoms with Gasteiger partial charge in [-0.15, -0.1) is 0 Å². The van der Waals surface area contributed by atoms with Crippen molar-refractivity contribution in [2.75, 3.05) is 5.73 Å². The van der Waals surface area contributed by atoms with E-state index in [0.717, 1.165) is 10.9 Å². The van der Waals surface area contributed by atoms with E-state index in [2.05, 4.69) is 9.97 Å². The van der Waals surface area contributed by atoms with E-state index < -0.39 is 5.56 Å². The molecule has 0 unspecified atom stereocenters. The second-order valence-corrected chi connectivity index (χ2v) is 2.60. The molecule has 0 aliphatic heterocycles. The van der Waals surface area contributed by atoms with Crippen LogP contribution in [0.4, 0.5) is 5.95 Å². The second kappa shape index (κ2) is 2.82. The maximum Gasteiger partial charge on any atom is 0.295 e. The van der Waals surface area contributed by atoms with Crippen LogP contribution >= 0.6 is 0 Å². The molecule has 0 fully saturated rings. The molecule has 0 aliphatic carbocycles. The predicted octanol–water partition coefficient (Wildman–Crippen LogP) is -1.17. The molecule has 0 spiro atoms. The number of nitrogens with two attached hydrogens (primary N) is 1. The average molecular weight is 201 g/mol. The highest BCUT2D eigenvalue weighted by atomic mass is 16.1. The molecule has 8 nitrogen and oxygen atoms in total. The van der Waals surface area contributed by atoms with Gasteiger partial charge in [-0.1, -0.05) is 0 Å². The number of nitriles is 2. The van der Waals surface area contributed by atoms with Gasteiger partial charge < -0.3 is 5.73 Å². The molecule has 72 valence electrons. The molecule has 0 atom stereocenters. The summed E-state index contributed by atoms with van der Waals surface area (Å²) in [6, 6.07) is 0. The lowest BCUT2D eigenvalue weighted by molar-refractivity contribution is 0.983. The number of nitrogen functional groups attached to an aromatic ring is 1. The minimum absolute atomic E-state index is 0.0468. The number of aromatic nitrogens is 4. The molecule has 0 bridgehead atoms. The molecule has 2 N–H and O–H groups in total. The van der Waals surface area contributed by atoms with Gasteiger partial charge in [0.15, 0.2) is 23.6 Å². The first-order valence-electron chi connectivity index (χ1n) is 3.75. The van der Waals surface area contributed by atoms with Crippen molar-refractivity contribution in [2.45, 2.75) is 0 Å². The van der Waals surface area contributed by atoms with Crippen molar-refractivity contribution >= 4 is 17.1 Å². The Labute approximate surface area is 82.4 Å². The Morgan fingerprint density at radius 1 is 1.40 bits per heavy atom. The first-order valence-corrected chi connectivity index (χ1v) is 3.75. The van der Waals surface area contributed by atoms with E-state index in [4.69, 9.17) is 16.3 Å². The van der Waals surface area contributed by atoms with Crippen LogP contribution < -0.4 is 11.3 Å². The van der Waals surface area contributed by atoms with E-state index >= 15 is 0 Å². The summed E-state index contributed by atoms with van der Waals surface area (Å²) < 4.78 is 1.52. The number of fused-ring (bicyclic) bond motifs is 1. The topological polar surface area (TPSA) is 126 Å². The van der Waals surface area contributed by atoms with Crippen LogP contribution in [-0.4, -0.2) is 19.1 Å². The van der Waals surface area contributed by atoms with Gasteiger partial charge in [0.1, 0.15) is 6.33 Å². The lowest BCUT2D eigenvalue weighted by Gasteiger charge is -1.97. The molecule has 2 heterocycles. The minimum Gasteiger partial charge on any atom is -0.368 e. The van der Waals surface area contributed by atoms with Gasteiger partial charge in [-0.25, -0.2) is 9.55 Å². The Hall–Kier alpha value is -2.87. The van der Waals surface area contributed by atoms with Crippen LogP contribution in [0, 0.1) is 22.9 Å². The molecule has 0 saturated heterocycles. The Morgan fingerprint density at radius 2 is 2.13 bits per heavy atom. The molecule has 2 rings (SSSR count). The summed E-state index contributed by atoms with van der Waals surface area (Å²) in [5, 5.41) is 17.3. The third-order valence-corrected chi connectivity index (χ3v) is 1.81. The molecule has 0 radical (unpaired) electrons. The monoisotopic (exact) mass is 201 g/mol. The molecule has 15 heavy (non-hydrogen) atoms. The van der Waals surface area contributed by atoms with Crippen LogP contribution in [0.1, 0.15) is 0 Å². The van der Waals surface area contributed by atoms with Crippen molar-refractivity contribution in [3.05, 3.63) is 16.7 Å². The summed E-state index contributed by atoms with van der Waals surface area (Å²) in [7, 11) is 0. The minimum atomic E-state index is -0.709. The summed E-state index contributed by atoms with van der Waals surface area (Å²) in [4.78, 5) is 19.1. The largest absolute Gasteiger partial charge is 0.368 e. The standard InChI is InChI=1S/C7H3N7O/c8-1-13-3-11-5-4(13)6(15)14(2-9)7(10)12-5/h3H,(H2,10,12). The molecule has 0 aliphatic rings. The van der Waals surface area contributed by atoms with Crippen molar-refractivity contribution < 1.29 is 0 Å².